The molecule has 3 rings (SSSR count). The van der Waals surface area contributed by atoms with Crippen LogP contribution in [0.5, 0.6) is 0 Å². The van der Waals surface area contributed by atoms with Gasteiger partial charge in [-0.2, -0.15) is 17.2 Å². The predicted octanol–water partition coefficient (Wildman–Crippen LogP) is 6.29. The Bertz CT molecular complexity index is 1200. The van der Waals surface area contributed by atoms with E-state index in [-0.39, 0.29) is 5.41 Å². The van der Waals surface area contributed by atoms with Crippen LogP contribution in [-0.2, 0) is 28.7 Å². The van der Waals surface area contributed by atoms with Crippen molar-refractivity contribution in [2.45, 2.75) is 46.1 Å². The van der Waals surface area contributed by atoms with Gasteiger partial charge in [0.15, 0.2) is 0 Å². The summed E-state index contributed by atoms with van der Waals surface area (Å²) >= 11 is 0. The van der Waals surface area contributed by atoms with Crippen LogP contribution in [0, 0.1) is 0 Å². The lowest BCUT2D eigenvalue weighted by molar-refractivity contribution is -0.158. The molecule has 0 aliphatic rings. The molecule has 0 atom stereocenters. The van der Waals surface area contributed by atoms with E-state index in [1.165, 1.54) is 0 Å². The van der Waals surface area contributed by atoms with E-state index in [4.69, 9.17) is 3.63 Å². The minimum atomic E-state index is -5.78. The summed E-state index contributed by atoms with van der Waals surface area (Å²) in [5.41, 5.74) is 0.773. The molecule has 34 heavy (non-hydrogen) atoms. The molecule has 0 aliphatic carbocycles. The number of carbonyl (C=O) groups excluding carboxylic acids is 1. The lowest BCUT2D eigenvalue weighted by Gasteiger charge is -2.40. The average Bonchev–Trinajstić information content (AvgIpc) is 2.82. The van der Waals surface area contributed by atoms with Crippen LogP contribution in [-0.4, -0.2) is 26.8 Å². The normalized spacial score (nSPS) is 13.4. The maximum atomic E-state index is 14.7. The molecule has 0 saturated heterocycles. The first-order valence-corrected chi connectivity index (χ1v) is 13.3. The van der Waals surface area contributed by atoms with Gasteiger partial charge in [0.2, 0.25) is 0 Å². The molecule has 3 aromatic carbocycles. The monoisotopic (exact) mass is 508 g/mol. The van der Waals surface area contributed by atoms with Crippen LogP contribution in [0.25, 0.3) is 0 Å². The van der Waals surface area contributed by atoms with Crippen molar-refractivity contribution < 1.29 is 30.4 Å². The zero-order chi connectivity index (χ0) is 25.2. The quantitative estimate of drug-likeness (QED) is 0.351. The van der Waals surface area contributed by atoms with Gasteiger partial charge in [0, 0.05) is 14.7 Å². The Labute approximate surface area is 200 Å². The van der Waals surface area contributed by atoms with Gasteiger partial charge in [-0.15, -0.1) is 0 Å². The minimum absolute atomic E-state index is 0.194. The van der Waals surface area contributed by atoms with E-state index >= 15 is 0 Å². The van der Waals surface area contributed by atoms with Crippen LogP contribution >= 0.6 is 10.3 Å². The van der Waals surface area contributed by atoms with E-state index in [9.17, 15) is 22.0 Å². The molecule has 0 unspecified atom stereocenters. The number of halogens is 2. The van der Waals surface area contributed by atoms with E-state index < -0.39 is 31.7 Å². The van der Waals surface area contributed by atoms with E-state index in [1.54, 1.807) is 72.8 Å². The molecule has 0 fully saturated rings. The highest BCUT2D eigenvalue weighted by molar-refractivity contribution is 8.33. The molecule has 0 aromatic heterocycles. The summed E-state index contributed by atoms with van der Waals surface area (Å²) in [5.74, 6) is -2.22. The molecule has 0 saturated carbocycles. The van der Waals surface area contributed by atoms with Crippen molar-refractivity contribution in [1.82, 2.24) is 0 Å². The maximum Gasteiger partial charge on any atom is 0.466 e. The number of benzene rings is 3. The summed E-state index contributed by atoms with van der Waals surface area (Å²) in [6, 6.07) is 23.6. The first kappa shape index (κ1) is 25.9. The Morgan fingerprint density at radius 2 is 1.15 bits per heavy atom. The van der Waals surface area contributed by atoms with E-state index in [2.05, 4.69) is 4.74 Å². The molecule has 3 aromatic rings. The van der Waals surface area contributed by atoms with Crippen molar-refractivity contribution in [2.75, 3.05) is 7.11 Å². The third-order valence-corrected chi connectivity index (χ3v) is 10.3. The van der Waals surface area contributed by atoms with E-state index in [1.807, 2.05) is 32.9 Å². The smallest absolute Gasteiger partial charge is 0.464 e. The SMILES string of the molecule is COC(=O)C(F)(F)S(=O)(=O)OS(c1ccccc1)(c1ccccc1)c1ccc(C(C)(C)C)cc1. The molecule has 9 heteroatoms. The largest absolute Gasteiger partial charge is 0.466 e. The molecule has 0 amide bonds. The predicted molar refractivity (Wildman–Crippen MR) is 127 cm³/mol. The number of hydrogen-bond acceptors (Lipinski definition) is 5. The van der Waals surface area contributed by atoms with Crippen molar-refractivity contribution in [3.05, 3.63) is 90.5 Å². The Balaban J connectivity index is 2.35. The van der Waals surface area contributed by atoms with Crippen LogP contribution in [0.3, 0.4) is 0 Å². The second-order valence-corrected chi connectivity index (χ2v) is 13.0. The zero-order valence-electron chi connectivity index (χ0n) is 19.2. The maximum absolute atomic E-state index is 14.7. The summed E-state index contributed by atoms with van der Waals surface area (Å²) in [5, 5.41) is -4.91. The first-order chi connectivity index (χ1) is 15.9. The Kier molecular flexibility index (Phi) is 7.21. The van der Waals surface area contributed by atoms with Crippen molar-refractivity contribution >= 4 is 26.4 Å². The molecular formula is C25H26F2O5S2. The first-order valence-electron chi connectivity index (χ1n) is 10.3. The lowest BCUT2D eigenvalue weighted by atomic mass is 9.87. The van der Waals surface area contributed by atoms with Gasteiger partial charge in [0.25, 0.3) is 0 Å². The average molecular weight is 509 g/mol. The molecule has 0 radical (unpaired) electrons. The number of carbonyl (C=O) groups is 1. The Morgan fingerprint density at radius 3 is 1.53 bits per heavy atom. The second-order valence-electron chi connectivity index (χ2n) is 8.49. The summed E-state index contributed by atoms with van der Waals surface area (Å²) in [6.45, 7) is 6.07. The number of hydrogen-bond donors (Lipinski definition) is 0. The van der Waals surface area contributed by atoms with E-state index in [0.29, 0.717) is 21.8 Å². The third-order valence-electron chi connectivity index (χ3n) is 5.13. The summed E-state index contributed by atoms with van der Waals surface area (Å²) in [7, 11) is -8.35. The van der Waals surface area contributed by atoms with Crippen LogP contribution in [0.2, 0.25) is 0 Å². The van der Waals surface area contributed by atoms with Crippen LogP contribution in [0.15, 0.2) is 99.6 Å². The van der Waals surface area contributed by atoms with Crippen molar-refractivity contribution in [2.24, 2.45) is 0 Å². The van der Waals surface area contributed by atoms with Gasteiger partial charge in [-0.1, -0.05) is 69.3 Å². The standard InChI is InChI=1S/C25H26F2O5S2/c1-24(2,3)19-15-17-22(18-16-19)33(20-11-7-5-8-12-20,21-13-9-6-10-14-21)32-34(29,30)25(26,27)23(28)31-4/h5-18H,1-4H3. The molecule has 0 N–H and O–H groups in total. The number of alkyl halides is 2. The van der Waals surface area contributed by atoms with Crippen LogP contribution in [0.4, 0.5) is 8.78 Å². The second kappa shape index (κ2) is 9.48. The number of methoxy groups -OCH3 is 1. The molecule has 5 nitrogen and oxygen atoms in total. The van der Waals surface area contributed by atoms with Crippen molar-refractivity contribution in [3.8, 4) is 0 Å². The molecule has 0 bridgehead atoms. The van der Waals surface area contributed by atoms with Gasteiger partial charge < -0.3 is 4.74 Å². The fraction of sp³-hybridized carbons (Fsp3) is 0.240. The van der Waals surface area contributed by atoms with Gasteiger partial charge in [0.05, 0.1) is 7.11 Å². The zero-order valence-corrected chi connectivity index (χ0v) is 20.8. The highest BCUT2D eigenvalue weighted by atomic mass is 32.3. The summed E-state index contributed by atoms with van der Waals surface area (Å²) in [6.07, 6.45) is 0. The van der Waals surface area contributed by atoms with Gasteiger partial charge >= 0.3 is 21.3 Å². The highest BCUT2D eigenvalue weighted by Gasteiger charge is 2.58. The molecule has 0 spiro atoms. The topological polar surface area (TPSA) is 69.7 Å². The van der Waals surface area contributed by atoms with Gasteiger partial charge in [-0.05, 0) is 57.7 Å². The van der Waals surface area contributed by atoms with Crippen LogP contribution in [0.1, 0.15) is 26.3 Å². The number of ether oxygens (including phenoxy) is 1. The Morgan fingerprint density at radius 1 is 0.735 bits per heavy atom. The lowest BCUT2D eigenvalue weighted by Crippen LogP contribution is -2.40. The minimum Gasteiger partial charge on any atom is -0.464 e. The number of esters is 1. The van der Waals surface area contributed by atoms with Gasteiger partial charge in [0.1, 0.15) is 0 Å². The summed E-state index contributed by atoms with van der Waals surface area (Å²) < 4.78 is 64.9. The molecule has 182 valence electrons. The van der Waals surface area contributed by atoms with Crippen molar-refractivity contribution in [3.63, 3.8) is 0 Å². The molecule has 0 heterocycles. The van der Waals surface area contributed by atoms with Gasteiger partial charge in [-0.25, -0.2) is 8.42 Å². The fourth-order valence-corrected chi connectivity index (χ4v) is 8.36. The fourth-order valence-electron chi connectivity index (χ4n) is 3.29. The highest BCUT2D eigenvalue weighted by Crippen LogP contribution is 2.70. The third kappa shape index (κ3) is 4.73. The van der Waals surface area contributed by atoms with Crippen molar-refractivity contribution in [1.29, 1.82) is 0 Å². The molecular weight excluding hydrogens is 482 g/mol. The van der Waals surface area contributed by atoms with E-state index in [0.717, 1.165) is 5.56 Å². The summed E-state index contributed by atoms with van der Waals surface area (Å²) in [4.78, 5) is 12.8. The van der Waals surface area contributed by atoms with Crippen LogP contribution < -0.4 is 0 Å². The number of rotatable bonds is 7. The molecule has 0 aliphatic heterocycles. The van der Waals surface area contributed by atoms with Gasteiger partial charge in [-0.3, -0.25) is 0 Å². The Hall–Kier alpha value is -2.75.